The molecule has 3 aromatic rings. The van der Waals surface area contributed by atoms with E-state index < -0.39 is 0 Å². The van der Waals surface area contributed by atoms with Crippen LogP contribution in [0.5, 0.6) is 0 Å². The van der Waals surface area contributed by atoms with Crippen LogP contribution in [-0.2, 0) is 0 Å². The third-order valence-corrected chi connectivity index (χ3v) is 5.58. The van der Waals surface area contributed by atoms with Gasteiger partial charge in [-0.3, -0.25) is 4.79 Å². The summed E-state index contributed by atoms with van der Waals surface area (Å²) in [5, 5.41) is 3.24. The Morgan fingerprint density at radius 3 is 1.81 bits per heavy atom. The van der Waals surface area contributed by atoms with Crippen LogP contribution in [-0.4, -0.2) is 10.3 Å². The Labute approximate surface area is 168 Å². The number of amides is 1. The number of benzene rings is 3. The first-order valence-electron chi connectivity index (χ1n) is 8.79. The minimum absolute atomic E-state index is 0.0242. The number of nitrogens with one attached hydrogen (secondary N) is 1. The van der Waals surface area contributed by atoms with Crippen LogP contribution in [0.2, 0.25) is 0 Å². The van der Waals surface area contributed by atoms with E-state index in [1.807, 2.05) is 54.6 Å². The van der Waals surface area contributed by atoms with Crippen molar-refractivity contribution in [3.05, 3.63) is 108 Å². The number of carbonyl (C=O) groups excluding carboxylic acids is 1. The van der Waals surface area contributed by atoms with Crippen LogP contribution in [0.1, 0.15) is 39.9 Å². The molecule has 0 heterocycles. The molecule has 0 radical (unpaired) electrons. The highest BCUT2D eigenvalue weighted by Gasteiger charge is 2.21. The van der Waals surface area contributed by atoms with Crippen LogP contribution in [0.3, 0.4) is 0 Å². The molecule has 0 aliphatic heterocycles. The van der Waals surface area contributed by atoms with Gasteiger partial charge in [0.15, 0.2) is 0 Å². The molecule has 3 aromatic carbocycles. The van der Waals surface area contributed by atoms with Crippen molar-refractivity contribution >= 4 is 28.5 Å². The first-order chi connectivity index (χ1) is 12.8. The lowest BCUT2D eigenvalue weighted by molar-refractivity contribution is 0.0933. The highest BCUT2D eigenvalue weighted by Crippen LogP contribution is 2.30. The molecule has 0 aliphatic carbocycles. The van der Waals surface area contributed by atoms with Crippen molar-refractivity contribution in [1.82, 2.24) is 5.32 Å². The van der Waals surface area contributed by atoms with Crippen molar-refractivity contribution in [2.45, 2.75) is 18.4 Å². The third-order valence-electron chi connectivity index (χ3n) is 4.52. The van der Waals surface area contributed by atoms with Gasteiger partial charge in [0.25, 0.3) is 5.91 Å². The SMILES string of the molecule is O=C(NC(CC(CI)c1ccccc1)c1ccccc1)c1ccccc1. The Bertz CT molecular complexity index is 805. The lowest BCUT2D eigenvalue weighted by Gasteiger charge is -2.24. The Kier molecular flexibility index (Phi) is 6.83. The molecule has 2 unspecified atom stereocenters. The molecule has 2 nitrogen and oxygen atoms in total. The van der Waals surface area contributed by atoms with E-state index in [1.165, 1.54) is 5.56 Å². The third kappa shape index (κ3) is 4.94. The van der Waals surface area contributed by atoms with E-state index in [9.17, 15) is 4.79 Å². The molecule has 3 heteroatoms. The Balaban J connectivity index is 1.83. The summed E-state index contributed by atoms with van der Waals surface area (Å²) in [5.41, 5.74) is 3.15. The maximum absolute atomic E-state index is 12.7. The van der Waals surface area contributed by atoms with Crippen LogP contribution < -0.4 is 5.32 Å². The normalized spacial score (nSPS) is 13.0. The minimum Gasteiger partial charge on any atom is -0.345 e. The molecular weight excluding hydrogens is 433 g/mol. The zero-order valence-electron chi connectivity index (χ0n) is 14.5. The summed E-state index contributed by atoms with van der Waals surface area (Å²) >= 11 is 2.44. The van der Waals surface area contributed by atoms with Gasteiger partial charge in [0.05, 0.1) is 6.04 Å². The van der Waals surface area contributed by atoms with Crippen molar-refractivity contribution in [2.75, 3.05) is 4.43 Å². The van der Waals surface area contributed by atoms with Crippen LogP contribution in [0.15, 0.2) is 91.0 Å². The van der Waals surface area contributed by atoms with E-state index in [1.54, 1.807) is 0 Å². The zero-order chi connectivity index (χ0) is 18.2. The molecule has 1 amide bonds. The second-order valence-electron chi connectivity index (χ2n) is 6.30. The first-order valence-corrected chi connectivity index (χ1v) is 10.3. The van der Waals surface area contributed by atoms with Gasteiger partial charge in [0, 0.05) is 9.99 Å². The van der Waals surface area contributed by atoms with E-state index >= 15 is 0 Å². The van der Waals surface area contributed by atoms with Crippen LogP contribution in [0, 0.1) is 0 Å². The number of hydrogen-bond acceptors (Lipinski definition) is 1. The Morgan fingerprint density at radius 1 is 0.769 bits per heavy atom. The van der Waals surface area contributed by atoms with Crippen molar-refractivity contribution < 1.29 is 4.79 Å². The van der Waals surface area contributed by atoms with Crippen LogP contribution in [0.25, 0.3) is 0 Å². The number of alkyl halides is 1. The fourth-order valence-corrected chi connectivity index (χ4v) is 3.96. The number of rotatable bonds is 7. The largest absolute Gasteiger partial charge is 0.345 e. The van der Waals surface area contributed by atoms with E-state index in [4.69, 9.17) is 0 Å². The molecule has 1 N–H and O–H groups in total. The molecule has 0 fully saturated rings. The topological polar surface area (TPSA) is 29.1 Å². The predicted molar refractivity (Wildman–Crippen MR) is 116 cm³/mol. The standard InChI is InChI=1S/C23H22INO/c24-17-21(18-10-4-1-5-11-18)16-22(19-12-6-2-7-13-19)25-23(26)20-14-8-3-9-15-20/h1-15,21-22H,16-17H2,(H,25,26). The van der Waals surface area contributed by atoms with Gasteiger partial charge in [0.2, 0.25) is 0 Å². The fraction of sp³-hybridized carbons (Fsp3) is 0.174. The Morgan fingerprint density at radius 2 is 1.27 bits per heavy atom. The van der Waals surface area contributed by atoms with Gasteiger partial charge < -0.3 is 5.32 Å². The summed E-state index contributed by atoms with van der Waals surface area (Å²) in [4.78, 5) is 12.7. The lowest BCUT2D eigenvalue weighted by Crippen LogP contribution is -2.30. The number of halogens is 1. The van der Waals surface area contributed by atoms with Crippen molar-refractivity contribution in [3.8, 4) is 0 Å². The molecule has 0 aromatic heterocycles. The van der Waals surface area contributed by atoms with Gasteiger partial charge in [0.1, 0.15) is 0 Å². The molecule has 0 aliphatic rings. The van der Waals surface area contributed by atoms with E-state index in [-0.39, 0.29) is 11.9 Å². The average Bonchev–Trinajstić information content (AvgIpc) is 2.73. The highest BCUT2D eigenvalue weighted by molar-refractivity contribution is 14.1. The molecule has 132 valence electrons. The molecule has 0 saturated heterocycles. The Hall–Kier alpha value is -2.14. The summed E-state index contributed by atoms with van der Waals surface area (Å²) in [6.45, 7) is 0. The van der Waals surface area contributed by atoms with Gasteiger partial charge in [-0.25, -0.2) is 0 Å². The second-order valence-corrected chi connectivity index (χ2v) is 7.18. The summed E-state index contributed by atoms with van der Waals surface area (Å²) in [5.74, 6) is 0.359. The van der Waals surface area contributed by atoms with Gasteiger partial charge in [-0.05, 0) is 35.6 Å². The predicted octanol–water partition coefficient (Wildman–Crippen LogP) is 5.77. The quantitative estimate of drug-likeness (QED) is 0.356. The fourth-order valence-electron chi connectivity index (χ4n) is 3.09. The van der Waals surface area contributed by atoms with Crippen molar-refractivity contribution in [3.63, 3.8) is 0 Å². The van der Waals surface area contributed by atoms with Crippen molar-refractivity contribution in [1.29, 1.82) is 0 Å². The molecule has 0 spiro atoms. The van der Waals surface area contributed by atoms with Crippen LogP contribution >= 0.6 is 22.6 Å². The molecular formula is C23H22INO. The minimum atomic E-state index is -0.0280. The highest BCUT2D eigenvalue weighted by atomic mass is 127. The number of hydrogen-bond donors (Lipinski definition) is 1. The number of carbonyl (C=O) groups is 1. The molecule has 0 saturated carbocycles. The van der Waals surface area contributed by atoms with Gasteiger partial charge in [-0.15, -0.1) is 0 Å². The van der Waals surface area contributed by atoms with Crippen LogP contribution in [0.4, 0.5) is 0 Å². The maximum atomic E-state index is 12.7. The zero-order valence-corrected chi connectivity index (χ0v) is 16.7. The van der Waals surface area contributed by atoms with Gasteiger partial charge in [-0.2, -0.15) is 0 Å². The molecule has 2 atom stereocenters. The molecule has 26 heavy (non-hydrogen) atoms. The van der Waals surface area contributed by atoms with E-state index in [0.717, 1.165) is 16.4 Å². The van der Waals surface area contributed by atoms with Crippen molar-refractivity contribution in [2.24, 2.45) is 0 Å². The van der Waals surface area contributed by atoms with Gasteiger partial charge in [-0.1, -0.05) is 101 Å². The maximum Gasteiger partial charge on any atom is 0.251 e. The van der Waals surface area contributed by atoms with E-state index in [2.05, 4.69) is 64.3 Å². The summed E-state index contributed by atoms with van der Waals surface area (Å²) in [6, 6.07) is 30.2. The molecule has 0 bridgehead atoms. The lowest BCUT2D eigenvalue weighted by atomic mass is 9.90. The summed E-state index contributed by atoms with van der Waals surface area (Å²) < 4.78 is 1.01. The monoisotopic (exact) mass is 455 g/mol. The summed E-state index contributed by atoms with van der Waals surface area (Å²) in [7, 11) is 0. The smallest absolute Gasteiger partial charge is 0.251 e. The average molecular weight is 455 g/mol. The van der Waals surface area contributed by atoms with Gasteiger partial charge >= 0.3 is 0 Å². The first kappa shape index (κ1) is 18.6. The molecule has 3 rings (SSSR count). The second kappa shape index (κ2) is 9.53. The van der Waals surface area contributed by atoms with E-state index in [0.29, 0.717) is 11.5 Å². The summed E-state index contributed by atoms with van der Waals surface area (Å²) in [6.07, 6.45) is 0.871.